The third-order valence-electron chi connectivity index (χ3n) is 2.95. The number of carbonyl (C=O) groups excluding carboxylic acids is 1. The van der Waals surface area contributed by atoms with Crippen molar-refractivity contribution < 1.29 is 4.79 Å². The van der Waals surface area contributed by atoms with Crippen molar-refractivity contribution in [2.75, 3.05) is 5.32 Å². The van der Waals surface area contributed by atoms with Gasteiger partial charge in [0, 0.05) is 4.90 Å². The molecular formula is C16H13NOS. The van der Waals surface area contributed by atoms with Crippen LogP contribution in [0.4, 0.5) is 5.69 Å². The van der Waals surface area contributed by atoms with Gasteiger partial charge in [-0.15, -0.1) is 0 Å². The minimum Gasteiger partial charge on any atom is -0.320 e. The molecule has 3 heteroatoms. The van der Waals surface area contributed by atoms with Crippen LogP contribution in [-0.4, -0.2) is 5.91 Å². The van der Waals surface area contributed by atoms with E-state index in [2.05, 4.69) is 12.2 Å². The highest BCUT2D eigenvalue weighted by Crippen LogP contribution is 2.38. The molecule has 1 amide bonds. The van der Waals surface area contributed by atoms with E-state index >= 15 is 0 Å². The Balaban J connectivity index is 1.94. The number of benzene rings is 2. The Bertz CT molecular complexity index is 659. The monoisotopic (exact) mass is 267 g/mol. The fourth-order valence-electron chi connectivity index (χ4n) is 1.92. The lowest BCUT2D eigenvalue weighted by molar-refractivity contribution is -0.112. The zero-order valence-corrected chi connectivity index (χ0v) is 11.3. The first-order chi connectivity index (χ1) is 9.22. The molecule has 1 aliphatic rings. The summed E-state index contributed by atoms with van der Waals surface area (Å²) < 4.78 is 0. The predicted molar refractivity (Wildman–Crippen MR) is 80.1 cm³/mol. The molecule has 1 aliphatic heterocycles. The van der Waals surface area contributed by atoms with Gasteiger partial charge in [-0.1, -0.05) is 53.7 Å². The molecule has 0 aliphatic carbocycles. The third kappa shape index (κ3) is 2.56. The number of hydrogen-bond donors (Lipinski definition) is 1. The Labute approximate surface area is 116 Å². The Morgan fingerprint density at radius 3 is 2.58 bits per heavy atom. The Morgan fingerprint density at radius 2 is 1.79 bits per heavy atom. The molecule has 0 atom stereocenters. The lowest BCUT2D eigenvalue weighted by Crippen LogP contribution is -2.16. The van der Waals surface area contributed by atoms with Gasteiger partial charge in [-0.25, -0.2) is 0 Å². The van der Waals surface area contributed by atoms with Crippen LogP contribution in [0.15, 0.2) is 58.3 Å². The summed E-state index contributed by atoms with van der Waals surface area (Å²) in [7, 11) is 0. The Hall–Kier alpha value is -2.00. The smallest absolute Gasteiger partial charge is 0.262 e. The molecule has 1 heterocycles. The first-order valence-electron chi connectivity index (χ1n) is 6.09. The van der Waals surface area contributed by atoms with E-state index in [4.69, 9.17) is 0 Å². The quantitative estimate of drug-likeness (QED) is 0.789. The van der Waals surface area contributed by atoms with Gasteiger partial charge in [0.25, 0.3) is 5.91 Å². The van der Waals surface area contributed by atoms with Crippen LogP contribution in [0.5, 0.6) is 0 Å². The SMILES string of the molecule is Cc1ccc(/C=C2/Sc3ccccc3NC2=O)cc1. The van der Waals surface area contributed by atoms with Crippen molar-refractivity contribution in [1.29, 1.82) is 0 Å². The zero-order chi connectivity index (χ0) is 13.2. The number of anilines is 1. The maximum Gasteiger partial charge on any atom is 0.262 e. The van der Waals surface area contributed by atoms with Crippen LogP contribution in [0, 0.1) is 6.92 Å². The standard InChI is InChI=1S/C16H13NOS/c1-11-6-8-12(9-7-11)10-15-16(18)17-13-4-2-3-5-14(13)19-15/h2-10H,1H3,(H,17,18)/b15-10+. The summed E-state index contributed by atoms with van der Waals surface area (Å²) in [4.78, 5) is 13.8. The molecule has 0 aromatic heterocycles. The molecule has 0 unspecified atom stereocenters. The van der Waals surface area contributed by atoms with Crippen molar-refractivity contribution in [2.24, 2.45) is 0 Å². The summed E-state index contributed by atoms with van der Waals surface area (Å²) in [5.74, 6) is -0.0377. The van der Waals surface area contributed by atoms with Gasteiger partial charge in [-0.3, -0.25) is 4.79 Å². The van der Waals surface area contributed by atoms with Crippen molar-refractivity contribution in [1.82, 2.24) is 0 Å². The van der Waals surface area contributed by atoms with Crippen LogP contribution in [0.3, 0.4) is 0 Å². The molecule has 2 nitrogen and oxygen atoms in total. The number of nitrogens with one attached hydrogen (secondary N) is 1. The molecule has 0 bridgehead atoms. The van der Waals surface area contributed by atoms with Gasteiger partial charge in [-0.2, -0.15) is 0 Å². The number of aryl methyl sites for hydroxylation is 1. The normalized spacial score (nSPS) is 16.1. The molecule has 2 aromatic carbocycles. The number of rotatable bonds is 1. The Morgan fingerprint density at radius 1 is 1.05 bits per heavy atom. The molecule has 2 aromatic rings. The van der Waals surface area contributed by atoms with E-state index in [1.165, 1.54) is 17.3 Å². The minimum atomic E-state index is -0.0377. The van der Waals surface area contributed by atoms with Crippen LogP contribution < -0.4 is 5.32 Å². The zero-order valence-electron chi connectivity index (χ0n) is 10.5. The second kappa shape index (κ2) is 4.94. The first-order valence-corrected chi connectivity index (χ1v) is 6.90. The van der Waals surface area contributed by atoms with Gasteiger partial charge in [0.1, 0.15) is 0 Å². The molecule has 0 saturated carbocycles. The van der Waals surface area contributed by atoms with Gasteiger partial charge >= 0.3 is 0 Å². The van der Waals surface area contributed by atoms with Crippen molar-refractivity contribution in [3.63, 3.8) is 0 Å². The number of para-hydroxylation sites is 1. The van der Waals surface area contributed by atoms with Crippen LogP contribution in [-0.2, 0) is 4.79 Å². The van der Waals surface area contributed by atoms with Gasteiger partial charge < -0.3 is 5.32 Å². The molecule has 0 radical (unpaired) electrons. The highest BCUT2D eigenvalue weighted by molar-refractivity contribution is 8.04. The number of hydrogen-bond acceptors (Lipinski definition) is 2. The lowest BCUT2D eigenvalue weighted by Gasteiger charge is -2.18. The van der Waals surface area contributed by atoms with Gasteiger partial charge in [-0.05, 0) is 30.7 Å². The first kappa shape index (κ1) is 12.1. The van der Waals surface area contributed by atoms with E-state index in [1.54, 1.807) is 0 Å². The van der Waals surface area contributed by atoms with Crippen molar-refractivity contribution in [3.8, 4) is 0 Å². The Kier molecular flexibility index (Phi) is 3.13. The summed E-state index contributed by atoms with van der Waals surface area (Å²) in [6.45, 7) is 2.05. The van der Waals surface area contributed by atoms with Crippen molar-refractivity contribution in [3.05, 3.63) is 64.6 Å². The molecule has 1 N–H and O–H groups in total. The molecular weight excluding hydrogens is 254 g/mol. The largest absolute Gasteiger partial charge is 0.320 e. The van der Waals surface area contributed by atoms with Crippen molar-refractivity contribution >= 4 is 29.4 Å². The highest BCUT2D eigenvalue weighted by Gasteiger charge is 2.20. The topological polar surface area (TPSA) is 29.1 Å². The second-order valence-electron chi connectivity index (χ2n) is 4.47. The van der Waals surface area contributed by atoms with Crippen LogP contribution in [0.2, 0.25) is 0 Å². The summed E-state index contributed by atoms with van der Waals surface area (Å²) in [5.41, 5.74) is 3.15. The second-order valence-corrected chi connectivity index (χ2v) is 5.56. The van der Waals surface area contributed by atoms with E-state index in [-0.39, 0.29) is 5.91 Å². The van der Waals surface area contributed by atoms with Crippen LogP contribution >= 0.6 is 11.8 Å². The van der Waals surface area contributed by atoms with E-state index in [0.717, 1.165) is 21.1 Å². The van der Waals surface area contributed by atoms with E-state index in [0.29, 0.717) is 0 Å². The molecule has 0 saturated heterocycles. The number of carbonyl (C=O) groups is 1. The fraction of sp³-hybridized carbons (Fsp3) is 0.0625. The predicted octanol–water partition coefficient (Wildman–Crippen LogP) is 4.08. The minimum absolute atomic E-state index is 0.0377. The average Bonchev–Trinajstić information content (AvgIpc) is 2.42. The maximum atomic E-state index is 12.0. The highest BCUT2D eigenvalue weighted by atomic mass is 32.2. The molecule has 94 valence electrons. The molecule has 19 heavy (non-hydrogen) atoms. The molecule has 0 spiro atoms. The van der Waals surface area contributed by atoms with Gasteiger partial charge in [0.05, 0.1) is 10.6 Å². The maximum absolute atomic E-state index is 12.0. The van der Waals surface area contributed by atoms with E-state index < -0.39 is 0 Å². The van der Waals surface area contributed by atoms with Crippen LogP contribution in [0.25, 0.3) is 6.08 Å². The lowest BCUT2D eigenvalue weighted by atomic mass is 10.1. The van der Waals surface area contributed by atoms with E-state index in [1.807, 2.05) is 54.6 Å². The fourth-order valence-corrected chi connectivity index (χ4v) is 2.87. The van der Waals surface area contributed by atoms with E-state index in [9.17, 15) is 4.79 Å². The summed E-state index contributed by atoms with van der Waals surface area (Å²) in [5, 5.41) is 2.91. The van der Waals surface area contributed by atoms with Crippen LogP contribution in [0.1, 0.15) is 11.1 Å². The molecule has 0 fully saturated rings. The van der Waals surface area contributed by atoms with Crippen molar-refractivity contribution in [2.45, 2.75) is 11.8 Å². The average molecular weight is 267 g/mol. The molecule has 3 rings (SSSR count). The number of amides is 1. The summed E-state index contributed by atoms with van der Waals surface area (Å²) in [6.07, 6.45) is 1.93. The number of fused-ring (bicyclic) bond motifs is 1. The number of thioether (sulfide) groups is 1. The van der Waals surface area contributed by atoms with Gasteiger partial charge in [0.15, 0.2) is 0 Å². The third-order valence-corrected chi connectivity index (χ3v) is 4.05. The summed E-state index contributed by atoms with van der Waals surface area (Å²) in [6, 6.07) is 16.0. The summed E-state index contributed by atoms with van der Waals surface area (Å²) >= 11 is 1.51. The van der Waals surface area contributed by atoms with Gasteiger partial charge in [0.2, 0.25) is 0 Å².